The standard InChI is InChI=1S/C20H23NO6S/c1-20(2,3)18(22)14-27-19(23)11-8-15-6-9-17(10-7-15)28(24,25)21-13-16-5-4-12-26-16/h4-12,21H,13-14H2,1-3H3/b11-8+. The highest BCUT2D eigenvalue weighted by molar-refractivity contribution is 7.89. The van der Waals surface area contributed by atoms with Crippen LogP contribution >= 0.6 is 0 Å². The quantitative estimate of drug-likeness (QED) is 0.535. The molecule has 1 heterocycles. The lowest BCUT2D eigenvalue weighted by molar-refractivity contribution is -0.145. The summed E-state index contributed by atoms with van der Waals surface area (Å²) in [6.45, 7) is 5.01. The van der Waals surface area contributed by atoms with E-state index in [1.54, 1.807) is 45.0 Å². The monoisotopic (exact) mass is 405 g/mol. The molecule has 0 fully saturated rings. The molecule has 1 aromatic carbocycles. The maximum atomic E-state index is 12.3. The molecule has 0 aliphatic heterocycles. The number of furan rings is 1. The summed E-state index contributed by atoms with van der Waals surface area (Å²) in [6.07, 6.45) is 4.14. The first-order valence-corrected chi connectivity index (χ1v) is 10.1. The van der Waals surface area contributed by atoms with Gasteiger partial charge in [-0.2, -0.15) is 0 Å². The number of sulfonamides is 1. The van der Waals surface area contributed by atoms with Gasteiger partial charge in [0.15, 0.2) is 12.4 Å². The van der Waals surface area contributed by atoms with Crippen LogP contribution in [0.5, 0.6) is 0 Å². The third-order valence-electron chi connectivity index (χ3n) is 3.80. The Morgan fingerprint density at radius 3 is 2.39 bits per heavy atom. The number of Topliss-reactive ketones (excluding diaryl/α,β-unsaturated/α-hetero) is 1. The van der Waals surface area contributed by atoms with Gasteiger partial charge < -0.3 is 9.15 Å². The second-order valence-electron chi connectivity index (χ2n) is 7.09. The first-order chi connectivity index (χ1) is 13.1. The van der Waals surface area contributed by atoms with Crippen molar-refractivity contribution in [3.05, 3.63) is 60.1 Å². The number of carbonyl (C=O) groups is 2. The van der Waals surface area contributed by atoms with Crippen LogP contribution in [0.15, 0.2) is 58.1 Å². The first-order valence-electron chi connectivity index (χ1n) is 8.58. The van der Waals surface area contributed by atoms with Gasteiger partial charge in [-0.1, -0.05) is 32.9 Å². The minimum absolute atomic E-state index is 0.0517. The number of nitrogens with one attached hydrogen (secondary N) is 1. The highest BCUT2D eigenvalue weighted by Gasteiger charge is 2.22. The van der Waals surface area contributed by atoms with Crippen LogP contribution in [0.1, 0.15) is 32.1 Å². The maximum Gasteiger partial charge on any atom is 0.331 e. The Balaban J connectivity index is 1.91. The minimum Gasteiger partial charge on any atom is -0.468 e. The van der Waals surface area contributed by atoms with Crippen LogP contribution in [-0.2, 0) is 30.9 Å². The highest BCUT2D eigenvalue weighted by Crippen LogP contribution is 2.15. The van der Waals surface area contributed by atoms with E-state index in [0.29, 0.717) is 11.3 Å². The van der Waals surface area contributed by atoms with Gasteiger partial charge >= 0.3 is 5.97 Å². The number of ether oxygens (including phenoxy) is 1. The fourth-order valence-corrected chi connectivity index (χ4v) is 2.98. The summed E-state index contributed by atoms with van der Waals surface area (Å²) in [5, 5.41) is 0. The molecular formula is C20H23NO6S. The fourth-order valence-electron chi connectivity index (χ4n) is 1.99. The third kappa shape index (κ3) is 6.47. The van der Waals surface area contributed by atoms with Crippen molar-refractivity contribution in [3.8, 4) is 0 Å². The molecule has 0 radical (unpaired) electrons. The maximum absolute atomic E-state index is 12.3. The van der Waals surface area contributed by atoms with E-state index >= 15 is 0 Å². The Hall–Kier alpha value is -2.71. The Bertz CT molecular complexity index is 936. The lowest BCUT2D eigenvalue weighted by atomic mass is 9.91. The molecule has 0 aliphatic carbocycles. The van der Waals surface area contributed by atoms with Crippen molar-refractivity contribution in [1.82, 2.24) is 4.72 Å². The van der Waals surface area contributed by atoms with E-state index in [2.05, 4.69) is 4.72 Å². The van der Waals surface area contributed by atoms with Crippen LogP contribution in [0.2, 0.25) is 0 Å². The van der Waals surface area contributed by atoms with E-state index in [0.717, 1.165) is 0 Å². The van der Waals surface area contributed by atoms with Crippen LogP contribution in [0, 0.1) is 5.41 Å². The molecule has 0 aliphatic rings. The summed E-state index contributed by atoms with van der Waals surface area (Å²) < 4.78 is 37.0. The van der Waals surface area contributed by atoms with E-state index in [-0.39, 0.29) is 23.8 Å². The minimum atomic E-state index is -3.68. The van der Waals surface area contributed by atoms with Crippen molar-refractivity contribution < 1.29 is 27.2 Å². The zero-order chi connectivity index (χ0) is 20.8. The number of rotatable bonds is 8. The second-order valence-corrected chi connectivity index (χ2v) is 8.85. The lowest BCUT2D eigenvalue weighted by Crippen LogP contribution is -2.25. The Morgan fingerprint density at radius 1 is 1.14 bits per heavy atom. The zero-order valence-corrected chi connectivity index (χ0v) is 16.8. The summed E-state index contributed by atoms with van der Waals surface area (Å²) in [5.74, 6) is -0.313. The molecule has 0 saturated heterocycles. The van der Waals surface area contributed by atoms with Gasteiger partial charge in [-0.15, -0.1) is 0 Å². The number of benzene rings is 1. The van der Waals surface area contributed by atoms with Crippen molar-refractivity contribution >= 4 is 27.9 Å². The van der Waals surface area contributed by atoms with Crippen molar-refractivity contribution in [2.45, 2.75) is 32.2 Å². The highest BCUT2D eigenvalue weighted by atomic mass is 32.2. The van der Waals surface area contributed by atoms with Gasteiger partial charge in [0.05, 0.1) is 17.7 Å². The number of hydrogen-bond donors (Lipinski definition) is 1. The molecule has 1 aromatic heterocycles. The predicted molar refractivity (Wildman–Crippen MR) is 104 cm³/mol. The largest absolute Gasteiger partial charge is 0.468 e. The van der Waals surface area contributed by atoms with Crippen LogP contribution in [0.3, 0.4) is 0 Å². The predicted octanol–water partition coefficient (Wildman–Crippen LogP) is 2.93. The smallest absolute Gasteiger partial charge is 0.331 e. The average molecular weight is 405 g/mol. The zero-order valence-electron chi connectivity index (χ0n) is 16.0. The number of ketones is 1. The second kappa shape index (κ2) is 8.99. The summed E-state index contributed by atoms with van der Waals surface area (Å²) in [4.78, 5) is 23.5. The van der Waals surface area contributed by atoms with Gasteiger partial charge in [-0.25, -0.2) is 17.9 Å². The van der Waals surface area contributed by atoms with Crippen LogP contribution in [-0.4, -0.2) is 26.8 Å². The Kier molecular flexibility index (Phi) is 6.93. The van der Waals surface area contributed by atoms with Crippen molar-refractivity contribution in [3.63, 3.8) is 0 Å². The van der Waals surface area contributed by atoms with Crippen LogP contribution < -0.4 is 4.72 Å². The molecule has 8 heteroatoms. The van der Waals surface area contributed by atoms with E-state index in [4.69, 9.17) is 9.15 Å². The molecule has 0 amide bonds. The average Bonchev–Trinajstić information content (AvgIpc) is 3.16. The van der Waals surface area contributed by atoms with Gasteiger partial charge in [0.2, 0.25) is 10.0 Å². The van der Waals surface area contributed by atoms with Crippen molar-refractivity contribution in [1.29, 1.82) is 0 Å². The van der Waals surface area contributed by atoms with Crippen molar-refractivity contribution in [2.75, 3.05) is 6.61 Å². The SMILES string of the molecule is CC(C)(C)C(=O)COC(=O)/C=C/c1ccc(S(=O)(=O)NCc2ccco2)cc1. The molecule has 2 aromatic rings. The van der Waals surface area contributed by atoms with Gasteiger partial charge in [0, 0.05) is 11.5 Å². The normalized spacial score (nSPS) is 12.2. The van der Waals surface area contributed by atoms with Gasteiger partial charge in [0.1, 0.15) is 5.76 Å². The topological polar surface area (TPSA) is 103 Å². The van der Waals surface area contributed by atoms with E-state index in [9.17, 15) is 18.0 Å². The van der Waals surface area contributed by atoms with Gasteiger partial charge in [-0.05, 0) is 35.9 Å². The summed E-state index contributed by atoms with van der Waals surface area (Å²) in [7, 11) is -3.68. The molecule has 0 saturated carbocycles. The molecule has 28 heavy (non-hydrogen) atoms. The molecular weight excluding hydrogens is 382 g/mol. The lowest BCUT2D eigenvalue weighted by Gasteiger charge is -2.15. The Labute approximate surface area is 164 Å². The number of carbonyl (C=O) groups excluding carboxylic acids is 2. The number of hydrogen-bond acceptors (Lipinski definition) is 6. The summed E-state index contributed by atoms with van der Waals surface area (Å²) in [6, 6.07) is 9.33. The molecule has 0 atom stereocenters. The van der Waals surface area contributed by atoms with E-state index in [1.807, 2.05) is 0 Å². The molecule has 0 spiro atoms. The van der Waals surface area contributed by atoms with Crippen molar-refractivity contribution in [2.24, 2.45) is 5.41 Å². The molecule has 2 rings (SSSR count). The van der Waals surface area contributed by atoms with Gasteiger partial charge in [-0.3, -0.25) is 4.79 Å². The fraction of sp³-hybridized carbons (Fsp3) is 0.300. The third-order valence-corrected chi connectivity index (χ3v) is 5.22. The molecule has 150 valence electrons. The van der Waals surface area contributed by atoms with Crippen LogP contribution in [0.4, 0.5) is 0 Å². The van der Waals surface area contributed by atoms with E-state index in [1.165, 1.54) is 30.5 Å². The van der Waals surface area contributed by atoms with Crippen LogP contribution in [0.25, 0.3) is 6.08 Å². The number of esters is 1. The first kappa shape index (κ1) is 21.6. The Morgan fingerprint density at radius 2 is 1.82 bits per heavy atom. The summed E-state index contributed by atoms with van der Waals surface area (Å²) >= 11 is 0. The molecule has 0 unspecified atom stereocenters. The summed E-state index contributed by atoms with van der Waals surface area (Å²) in [5.41, 5.74) is 0.0418. The van der Waals surface area contributed by atoms with Gasteiger partial charge in [0.25, 0.3) is 0 Å². The molecule has 1 N–H and O–H groups in total. The van der Waals surface area contributed by atoms with E-state index < -0.39 is 21.4 Å². The molecule has 0 bridgehead atoms. The molecule has 7 nitrogen and oxygen atoms in total.